The lowest BCUT2D eigenvalue weighted by atomic mass is 9.89. The molecule has 1 fully saturated rings. The van der Waals surface area contributed by atoms with E-state index in [1.165, 1.54) is 19.3 Å². The minimum absolute atomic E-state index is 0.0603. The van der Waals surface area contributed by atoms with Gasteiger partial charge in [0.15, 0.2) is 0 Å². The summed E-state index contributed by atoms with van der Waals surface area (Å²) in [4.78, 5) is 24.7. The topological polar surface area (TPSA) is 127 Å². The van der Waals surface area contributed by atoms with Gasteiger partial charge in [-0.25, -0.2) is 0 Å². The van der Waals surface area contributed by atoms with Crippen molar-refractivity contribution in [1.29, 1.82) is 5.41 Å². The molecule has 2 amide bonds. The molecule has 0 atom stereocenters. The average Bonchev–Trinajstić information content (AvgIpc) is 3.09. The van der Waals surface area contributed by atoms with Crippen LogP contribution in [0.3, 0.4) is 0 Å². The zero-order valence-electron chi connectivity index (χ0n) is 18.4. The van der Waals surface area contributed by atoms with Crippen molar-refractivity contribution in [2.24, 2.45) is 17.4 Å². The number of hydrogen-bond donors (Lipinski definition) is 4. The summed E-state index contributed by atoms with van der Waals surface area (Å²) in [5.41, 5.74) is 14.0. The molecule has 1 aliphatic carbocycles. The van der Waals surface area contributed by atoms with Crippen molar-refractivity contribution in [2.45, 2.75) is 38.6 Å². The van der Waals surface area contributed by atoms with Gasteiger partial charge in [0.25, 0.3) is 5.91 Å². The van der Waals surface area contributed by atoms with E-state index in [-0.39, 0.29) is 11.7 Å². The Balaban J connectivity index is 1.72. The fourth-order valence-electron chi connectivity index (χ4n) is 4.53. The number of rotatable bonds is 7. The fourth-order valence-corrected chi connectivity index (χ4v) is 4.88. The number of amides is 2. The van der Waals surface area contributed by atoms with Crippen LogP contribution in [0.2, 0.25) is 5.02 Å². The molecule has 0 spiro atoms. The predicted octanol–water partition coefficient (Wildman–Crippen LogP) is 4.04. The summed E-state index contributed by atoms with van der Waals surface area (Å²) >= 11 is 6.72. The molecule has 33 heavy (non-hydrogen) atoms. The summed E-state index contributed by atoms with van der Waals surface area (Å²) in [5.74, 6) is -0.287. The van der Waals surface area contributed by atoms with E-state index in [9.17, 15) is 9.59 Å². The highest BCUT2D eigenvalue weighted by Crippen LogP contribution is 2.32. The molecular formula is C25H28ClN5O2. The van der Waals surface area contributed by atoms with Gasteiger partial charge in [-0.1, -0.05) is 55.1 Å². The standard InChI is InChI=1S/C25H28ClN5O2/c26-21-19-11-10-18(23(27)28)12-20(19)31(14-16-6-8-17(9-7-16)24(29)32)22(21)25(33)30-13-15-4-2-1-3-5-15/h6-12,15H,1-5,13-14H2,(H3,27,28)(H2,29,32)(H,30,33). The lowest BCUT2D eigenvalue weighted by Gasteiger charge is -2.22. The highest BCUT2D eigenvalue weighted by Gasteiger charge is 2.24. The highest BCUT2D eigenvalue weighted by molar-refractivity contribution is 6.39. The SMILES string of the molecule is N=C(N)c1ccc2c(Cl)c(C(=O)NCC3CCCCC3)n(Cc3ccc(C(N)=O)cc3)c2c1. The zero-order valence-corrected chi connectivity index (χ0v) is 19.1. The average molecular weight is 466 g/mol. The Bertz CT molecular complexity index is 1210. The Morgan fingerprint density at radius 2 is 1.70 bits per heavy atom. The van der Waals surface area contributed by atoms with Gasteiger partial charge in [0, 0.05) is 29.6 Å². The molecule has 1 aliphatic rings. The van der Waals surface area contributed by atoms with Gasteiger partial charge in [-0.05, 0) is 42.5 Å². The molecule has 3 aromatic rings. The molecule has 4 rings (SSSR count). The van der Waals surface area contributed by atoms with E-state index in [0.29, 0.717) is 40.9 Å². The van der Waals surface area contributed by atoms with E-state index in [2.05, 4.69) is 5.32 Å². The van der Waals surface area contributed by atoms with Crippen LogP contribution in [-0.4, -0.2) is 28.8 Å². The van der Waals surface area contributed by atoms with Crippen molar-refractivity contribution in [1.82, 2.24) is 9.88 Å². The van der Waals surface area contributed by atoms with Crippen molar-refractivity contribution in [3.63, 3.8) is 0 Å². The van der Waals surface area contributed by atoms with Crippen LogP contribution in [0, 0.1) is 11.3 Å². The molecular weight excluding hydrogens is 438 g/mol. The van der Waals surface area contributed by atoms with Crippen LogP contribution in [0.1, 0.15) is 64.1 Å². The predicted molar refractivity (Wildman–Crippen MR) is 131 cm³/mol. The molecule has 0 bridgehead atoms. The molecule has 1 aromatic heterocycles. The first kappa shape index (κ1) is 22.9. The number of primary amides is 1. The van der Waals surface area contributed by atoms with Crippen LogP contribution in [-0.2, 0) is 6.54 Å². The van der Waals surface area contributed by atoms with E-state index in [1.807, 2.05) is 4.57 Å². The first-order chi connectivity index (χ1) is 15.8. The monoisotopic (exact) mass is 465 g/mol. The van der Waals surface area contributed by atoms with Crippen LogP contribution in [0.25, 0.3) is 10.9 Å². The first-order valence-corrected chi connectivity index (χ1v) is 11.6. The maximum absolute atomic E-state index is 13.3. The third-order valence-corrected chi connectivity index (χ3v) is 6.77. The molecule has 0 aliphatic heterocycles. The van der Waals surface area contributed by atoms with Gasteiger partial charge < -0.3 is 21.4 Å². The Labute approximate surface area is 197 Å². The van der Waals surface area contributed by atoms with Gasteiger partial charge in [-0.15, -0.1) is 0 Å². The number of fused-ring (bicyclic) bond motifs is 1. The summed E-state index contributed by atoms with van der Waals surface area (Å²) in [7, 11) is 0. The lowest BCUT2D eigenvalue weighted by Crippen LogP contribution is -2.32. The second-order valence-corrected chi connectivity index (χ2v) is 9.05. The molecule has 0 radical (unpaired) electrons. The number of carbonyl (C=O) groups excluding carboxylic acids is 2. The quantitative estimate of drug-likeness (QED) is 0.310. The Morgan fingerprint density at radius 3 is 2.33 bits per heavy atom. The highest BCUT2D eigenvalue weighted by atomic mass is 35.5. The van der Waals surface area contributed by atoms with Crippen molar-refractivity contribution in [2.75, 3.05) is 6.54 Å². The molecule has 8 heteroatoms. The number of hydrogen-bond acceptors (Lipinski definition) is 3. The molecule has 6 N–H and O–H groups in total. The van der Waals surface area contributed by atoms with Crippen molar-refractivity contribution in [3.8, 4) is 0 Å². The van der Waals surface area contributed by atoms with Crippen molar-refractivity contribution >= 4 is 40.2 Å². The number of halogens is 1. The maximum Gasteiger partial charge on any atom is 0.269 e. The second kappa shape index (κ2) is 9.67. The van der Waals surface area contributed by atoms with E-state index in [1.54, 1.807) is 42.5 Å². The maximum atomic E-state index is 13.3. The molecule has 1 heterocycles. The minimum Gasteiger partial charge on any atom is -0.384 e. The van der Waals surface area contributed by atoms with Crippen molar-refractivity contribution in [3.05, 3.63) is 69.9 Å². The number of nitrogens with zero attached hydrogens (tertiary/aromatic N) is 1. The summed E-state index contributed by atoms with van der Waals surface area (Å²) in [5, 5.41) is 12.0. The molecule has 7 nitrogen and oxygen atoms in total. The minimum atomic E-state index is -0.495. The third-order valence-electron chi connectivity index (χ3n) is 6.38. The Morgan fingerprint density at radius 1 is 1.03 bits per heavy atom. The van der Waals surface area contributed by atoms with Crippen molar-refractivity contribution < 1.29 is 9.59 Å². The van der Waals surface area contributed by atoms with Gasteiger partial charge >= 0.3 is 0 Å². The molecule has 172 valence electrons. The zero-order chi connectivity index (χ0) is 23.5. The van der Waals surface area contributed by atoms with E-state index in [0.717, 1.165) is 29.3 Å². The van der Waals surface area contributed by atoms with Crippen LogP contribution in [0.5, 0.6) is 0 Å². The molecule has 2 aromatic carbocycles. The molecule has 1 saturated carbocycles. The molecule has 0 unspecified atom stereocenters. The number of nitrogens with one attached hydrogen (secondary N) is 2. The van der Waals surface area contributed by atoms with Gasteiger partial charge in [0.1, 0.15) is 11.5 Å². The molecule has 0 saturated heterocycles. The van der Waals surface area contributed by atoms with Crippen LogP contribution in [0.15, 0.2) is 42.5 Å². The normalized spacial score (nSPS) is 14.3. The van der Waals surface area contributed by atoms with Crippen LogP contribution in [0.4, 0.5) is 0 Å². The van der Waals surface area contributed by atoms with E-state index >= 15 is 0 Å². The van der Waals surface area contributed by atoms with E-state index in [4.69, 9.17) is 28.5 Å². The Hall–Kier alpha value is -3.32. The van der Waals surface area contributed by atoms with Gasteiger partial charge in [-0.3, -0.25) is 15.0 Å². The largest absolute Gasteiger partial charge is 0.384 e. The summed E-state index contributed by atoms with van der Waals surface area (Å²) in [6.45, 7) is 0.985. The summed E-state index contributed by atoms with van der Waals surface area (Å²) in [6.07, 6.45) is 5.93. The number of benzene rings is 2. The summed E-state index contributed by atoms with van der Waals surface area (Å²) < 4.78 is 1.85. The Kier molecular flexibility index (Phi) is 6.70. The smallest absolute Gasteiger partial charge is 0.269 e. The third kappa shape index (κ3) is 4.88. The second-order valence-electron chi connectivity index (χ2n) is 8.67. The lowest BCUT2D eigenvalue weighted by molar-refractivity contribution is 0.0934. The fraction of sp³-hybridized carbons (Fsp3) is 0.320. The first-order valence-electron chi connectivity index (χ1n) is 11.2. The number of amidine groups is 1. The van der Waals surface area contributed by atoms with Gasteiger partial charge in [0.2, 0.25) is 5.91 Å². The number of carbonyl (C=O) groups is 2. The number of nitrogen functional groups attached to an aromatic ring is 1. The summed E-state index contributed by atoms with van der Waals surface area (Å²) in [6, 6.07) is 12.2. The number of aromatic nitrogens is 1. The van der Waals surface area contributed by atoms with Crippen LogP contribution >= 0.6 is 11.6 Å². The number of nitrogens with two attached hydrogens (primary N) is 2. The van der Waals surface area contributed by atoms with Gasteiger partial charge in [0.05, 0.1) is 10.5 Å². The van der Waals surface area contributed by atoms with Gasteiger partial charge in [-0.2, -0.15) is 0 Å². The van der Waals surface area contributed by atoms with E-state index < -0.39 is 5.91 Å². The van der Waals surface area contributed by atoms with Crippen LogP contribution < -0.4 is 16.8 Å².